The fourth-order valence-electron chi connectivity index (χ4n) is 11.8. The number of ether oxygens (including phenoxy) is 2. The minimum Gasteiger partial charge on any atom is -0.453 e. The van der Waals surface area contributed by atoms with Gasteiger partial charge in [-0.15, -0.1) is 0 Å². The molecule has 16 nitrogen and oxygen atoms in total. The van der Waals surface area contributed by atoms with Gasteiger partial charge in [-0.3, -0.25) is 9.59 Å². The molecule has 73 heavy (non-hydrogen) atoms. The van der Waals surface area contributed by atoms with Crippen molar-refractivity contribution in [2.75, 3.05) is 50.2 Å². The quantitative estimate of drug-likeness (QED) is 0.104. The number of imidazole rings is 2. The number of alkyl halides is 3. The molecule has 0 radical (unpaired) electrons. The van der Waals surface area contributed by atoms with E-state index in [0.29, 0.717) is 73.4 Å². The Bertz CT molecular complexity index is 2820. The number of aromatic nitrogens is 4. The number of carbonyl (C=O) groups excluding carboxylic acids is 4. The molecule has 0 saturated carbocycles. The second-order valence-electron chi connectivity index (χ2n) is 20.8. The number of fused-ring (bicyclic) bond motifs is 2. The van der Waals surface area contributed by atoms with Gasteiger partial charge < -0.3 is 49.7 Å². The number of methoxy groups -OCH3 is 2. The second kappa shape index (κ2) is 20.8. The maximum absolute atomic E-state index is 16.5. The van der Waals surface area contributed by atoms with Gasteiger partial charge in [-0.2, -0.15) is 13.2 Å². The number of carbonyl (C=O) groups is 4. The van der Waals surface area contributed by atoms with Gasteiger partial charge in [-0.05, 0) is 99.5 Å². The molecule has 394 valence electrons. The zero-order valence-electron chi connectivity index (χ0n) is 42.0. The van der Waals surface area contributed by atoms with Crippen LogP contribution in [0, 0.1) is 35.3 Å². The molecule has 2 aromatic heterocycles. The van der Waals surface area contributed by atoms with Gasteiger partial charge in [0.15, 0.2) is 11.6 Å². The van der Waals surface area contributed by atoms with E-state index in [-0.39, 0.29) is 85.4 Å². The van der Waals surface area contributed by atoms with Crippen LogP contribution in [0.3, 0.4) is 0 Å². The van der Waals surface area contributed by atoms with Crippen LogP contribution in [-0.4, -0.2) is 118 Å². The summed E-state index contributed by atoms with van der Waals surface area (Å²) >= 11 is 0. The van der Waals surface area contributed by atoms with Gasteiger partial charge in [0.1, 0.15) is 29.4 Å². The molecule has 0 bridgehead atoms. The summed E-state index contributed by atoms with van der Waals surface area (Å²) < 4.78 is 83.4. The van der Waals surface area contributed by atoms with Crippen molar-refractivity contribution in [3.63, 3.8) is 0 Å². The summed E-state index contributed by atoms with van der Waals surface area (Å²) in [5.41, 5.74) is 2.19. The average Bonchev–Trinajstić information content (AvgIpc) is 4.22. The van der Waals surface area contributed by atoms with Crippen molar-refractivity contribution in [1.29, 1.82) is 0 Å². The number of hydrogen-bond acceptors (Lipinski definition) is 10. The maximum atomic E-state index is 16.5. The molecule has 21 heteroatoms. The third-order valence-corrected chi connectivity index (χ3v) is 15.6. The molecule has 9 rings (SSSR count). The van der Waals surface area contributed by atoms with Gasteiger partial charge >= 0.3 is 18.4 Å². The second-order valence-corrected chi connectivity index (χ2v) is 20.8. The van der Waals surface area contributed by atoms with E-state index in [2.05, 4.69) is 37.7 Å². The van der Waals surface area contributed by atoms with Crippen LogP contribution in [-0.2, 0) is 19.1 Å². The molecule has 4 aromatic rings. The van der Waals surface area contributed by atoms with Gasteiger partial charge in [0.2, 0.25) is 11.8 Å². The number of aromatic amines is 2. The van der Waals surface area contributed by atoms with Crippen LogP contribution in [0.2, 0.25) is 0 Å². The summed E-state index contributed by atoms with van der Waals surface area (Å²) in [4.78, 5) is 76.1. The first-order valence-corrected chi connectivity index (χ1v) is 25.5. The molecule has 4 amide bonds. The normalized spacial score (nSPS) is 23.4. The average molecular weight is 1020 g/mol. The Kier molecular flexibility index (Phi) is 14.7. The van der Waals surface area contributed by atoms with Crippen LogP contribution < -0.4 is 31.1 Å². The van der Waals surface area contributed by atoms with Gasteiger partial charge in [0.25, 0.3) is 0 Å². The molecule has 5 aliphatic rings. The zero-order chi connectivity index (χ0) is 52.0. The summed E-state index contributed by atoms with van der Waals surface area (Å²) in [6.45, 7) is 8.13. The van der Waals surface area contributed by atoms with Crippen LogP contribution in [0.15, 0.2) is 30.3 Å². The monoisotopic (exact) mass is 1020 g/mol. The highest BCUT2D eigenvalue weighted by atomic mass is 19.4. The standard InChI is InChI=1S/C52H65F5N10O6/c1-27(2)43(62-50(70)72-5)48(68)65-19-7-9-41(65)46-58-35-13-11-29(23-37(35)60-46)39-15-16-40(67(39)32-25-33(53)45(34(54)26-32)64-21-17-31(18-22-64)52(55,56)57)30-12-14-36-38(24-30)61-47(59-36)42-10-8-20-66(42)49(69)44(28(3)4)63-51(71)73-6/h11,13-14,23-28,30-31,39-44H,7-10,12,15-22H2,1-6H3,(H,58,60)(H,59,61)(H,62,70)(H,63,71)/t30?,39-,40-,41+,42+,43+,44+/m1/s1. The molecular weight excluding hydrogens is 956 g/mol. The predicted octanol–water partition coefficient (Wildman–Crippen LogP) is 7.42. The number of H-pyrrole nitrogens is 2. The Morgan fingerprint density at radius 2 is 1.30 bits per heavy atom. The summed E-state index contributed by atoms with van der Waals surface area (Å²) in [7, 11) is 2.50. The molecule has 7 atom stereocenters. The fraction of sp³-hybridized carbons (Fsp3) is 0.577. The minimum atomic E-state index is -4.38. The Morgan fingerprint density at radius 3 is 1.85 bits per heavy atom. The van der Waals surface area contributed by atoms with Crippen molar-refractivity contribution in [1.82, 2.24) is 40.4 Å². The lowest BCUT2D eigenvalue weighted by Gasteiger charge is -2.38. The van der Waals surface area contributed by atoms with E-state index in [1.165, 1.54) is 31.3 Å². The number of rotatable bonds is 12. The number of benzene rings is 2. The highest BCUT2D eigenvalue weighted by Gasteiger charge is 2.44. The van der Waals surface area contributed by atoms with Crippen molar-refractivity contribution < 1.29 is 50.6 Å². The Labute approximate surface area is 420 Å². The number of nitrogens with zero attached hydrogens (tertiary/aromatic N) is 6. The molecule has 4 fully saturated rings. The summed E-state index contributed by atoms with van der Waals surface area (Å²) in [5.74, 6) is -3.06. The van der Waals surface area contributed by atoms with E-state index in [0.717, 1.165) is 29.3 Å². The number of likely N-dealkylation sites (tertiary alicyclic amines) is 2. The first-order valence-electron chi connectivity index (χ1n) is 25.5. The topological polar surface area (TPSA) is 181 Å². The summed E-state index contributed by atoms with van der Waals surface area (Å²) in [6.07, 6.45) is 2.49. The molecule has 2 aromatic carbocycles. The first-order chi connectivity index (χ1) is 34.8. The van der Waals surface area contributed by atoms with Crippen molar-refractivity contribution in [2.45, 2.75) is 128 Å². The van der Waals surface area contributed by atoms with Gasteiger partial charge in [0.05, 0.1) is 60.0 Å². The molecule has 0 spiro atoms. The zero-order valence-corrected chi connectivity index (χ0v) is 42.0. The number of anilines is 2. The van der Waals surface area contributed by atoms with Gasteiger partial charge in [-0.1, -0.05) is 45.9 Å². The summed E-state index contributed by atoms with van der Waals surface area (Å²) in [6, 6.07) is 5.47. The van der Waals surface area contributed by atoms with E-state index < -0.39 is 48.0 Å². The largest absolute Gasteiger partial charge is 0.453 e. The lowest BCUT2D eigenvalue weighted by molar-refractivity contribution is -0.179. The highest BCUT2D eigenvalue weighted by molar-refractivity contribution is 5.87. The molecule has 6 heterocycles. The van der Waals surface area contributed by atoms with Crippen LogP contribution in [0.4, 0.5) is 42.9 Å². The number of hydrogen-bond donors (Lipinski definition) is 4. The summed E-state index contributed by atoms with van der Waals surface area (Å²) in [5, 5.41) is 6.87. The Morgan fingerprint density at radius 1 is 0.726 bits per heavy atom. The van der Waals surface area contributed by atoms with E-state index in [9.17, 15) is 32.3 Å². The van der Waals surface area contributed by atoms with Crippen LogP contribution >= 0.6 is 0 Å². The van der Waals surface area contributed by atoms with Crippen LogP contribution in [0.25, 0.3) is 23.2 Å². The molecule has 1 unspecified atom stereocenters. The number of amides is 4. The molecule has 4 N–H and O–H groups in total. The van der Waals surface area contributed by atoms with Gasteiger partial charge in [0, 0.05) is 43.8 Å². The Hall–Kier alpha value is -6.41. The third kappa shape index (κ3) is 10.3. The van der Waals surface area contributed by atoms with Crippen molar-refractivity contribution in [2.24, 2.45) is 23.7 Å². The van der Waals surface area contributed by atoms with Crippen LogP contribution in [0.5, 0.6) is 0 Å². The number of halogens is 5. The number of nitrogens with one attached hydrogen (secondary N) is 4. The van der Waals surface area contributed by atoms with Gasteiger partial charge in [-0.25, -0.2) is 28.3 Å². The molecule has 4 saturated heterocycles. The lowest BCUT2D eigenvalue weighted by atomic mass is 9.91. The van der Waals surface area contributed by atoms with Crippen molar-refractivity contribution in [3.05, 3.63) is 69.9 Å². The van der Waals surface area contributed by atoms with Crippen LogP contribution in [0.1, 0.15) is 121 Å². The molecule has 4 aliphatic heterocycles. The minimum absolute atomic E-state index is 0.135. The molecular formula is C52H65F5N10O6. The van der Waals surface area contributed by atoms with E-state index in [1.54, 1.807) is 9.80 Å². The predicted molar refractivity (Wildman–Crippen MR) is 262 cm³/mol. The number of alkyl carbamates (subject to hydrolysis) is 2. The fourth-order valence-corrected chi connectivity index (χ4v) is 11.8. The third-order valence-electron chi connectivity index (χ3n) is 15.6. The van der Waals surface area contributed by atoms with E-state index in [4.69, 9.17) is 19.4 Å². The maximum Gasteiger partial charge on any atom is 0.407 e. The van der Waals surface area contributed by atoms with Crippen molar-refractivity contribution in [3.8, 4) is 0 Å². The van der Waals surface area contributed by atoms with E-state index >= 15 is 8.78 Å². The Balaban J connectivity index is 1.03. The highest BCUT2D eigenvalue weighted by Crippen LogP contribution is 2.46. The van der Waals surface area contributed by atoms with E-state index in [1.807, 2.05) is 45.9 Å². The smallest absolute Gasteiger partial charge is 0.407 e. The lowest BCUT2D eigenvalue weighted by Crippen LogP contribution is -2.51. The van der Waals surface area contributed by atoms with Crippen molar-refractivity contribution >= 4 is 58.6 Å². The number of piperidine rings is 1. The first kappa shape index (κ1) is 51.5. The molecule has 1 aliphatic carbocycles. The SMILES string of the molecule is COC(=O)N[C@H](C(=O)N1CCC[C@H]1c1nc2c([nH]1)=CCC([C@H]1CC[C@H](c3ccc4[nH]c([C@@H]5CCCN5C(=O)[C@@H](NC(=O)OC)C(C)C)nc4c3)N1c1cc(F)c(N3CCC(C(F)(F)F)CC3)c(F)c1)C=2)C(C)C.